The van der Waals surface area contributed by atoms with E-state index in [2.05, 4.69) is 36.6 Å². The Bertz CT molecular complexity index is 1820. The Labute approximate surface area is 301 Å². The molecule has 10 nitrogen and oxygen atoms in total. The molecule has 15 heteroatoms. The first kappa shape index (κ1) is 36.7. The van der Waals surface area contributed by atoms with E-state index in [9.17, 15) is 18.4 Å². The summed E-state index contributed by atoms with van der Waals surface area (Å²) in [4.78, 5) is 28.8. The van der Waals surface area contributed by atoms with Crippen molar-refractivity contribution in [3.05, 3.63) is 96.8 Å². The molecule has 0 saturated carbocycles. The lowest BCUT2D eigenvalue weighted by molar-refractivity contribution is 0.0765. The molecule has 2 aliphatic carbocycles. The molecule has 2 aromatic heterocycles. The van der Waals surface area contributed by atoms with Crippen LogP contribution in [0.5, 0.6) is 5.88 Å². The minimum absolute atomic E-state index is 0.0841. The number of carbonyl (C=O) groups excluding carboxylic acids is 2. The number of carbonyl (C=O) groups is 2. The van der Waals surface area contributed by atoms with Crippen molar-refractivity contribution in [3.8, 4) is 5.88 Å². The maximum absolute atomic E-state index is 12.6. The number of amides is 2. The Morgan fingerprint density at radius 3 is 2.41 bits per heavy atom. The van der Waals surface area contributed by atoms with E-state index in [0.717, 1.165) is 49.7 Å². The summed E-state index contributed by atoms with van der Waals surface area (Å²) >= 11 is 15.4. The number of aryl methyl sites for hydroxylation is 2. The van der Waals surface area contributed by atoms with Crippen LogP contribution in [0.1, 0.15) is 62.9 Å². The topological polar surface area (TPSA) is 150 Å². The van der Waals surface area contributed by atoms with Gasteiger partial charge in [0, 0.05) is 30.5 Å². The summed E-state index contributed by atoms with van der Waals surface area (Å²) in [5, 5.41) is 10.7. The molecule has 2 atom stereocenters. The number of nitrogens with one attached hydrogen (secondary N) is 2. The molecule has 0 spiro atoms. The van der Waals surface area contributed by atoms with Gasteiger partial charge < -0.3 is 26.8 Å². The van der Waals surface area contributed by atoms with Gasteiger partial charge in [-0.2, -0.15) is 5.10 Å². The van der Waals surface area contributed by atoms with E-state index in [1.54, 1.807) is 19.1 Å². The number of anilines is 2. The fourth-order valence-corrected chi connectivity index (χ4v) is 6.77. The summed E-state index contributed by atoms with van der Waals surface area (Å²) < 4.78 is 31.6. The Hall–Kier alpha value is -3.62. The largest absolute Gasteiger partial charge is 0.471 e. The molecule has 2 heterocycles. The number of hydrogen-bond acceptors (Lipinski definition) is 7. The van der Waals surface area contributed by atoms with Crippen LogP contribution in [0.15, 0.2) is 53.1 Å². The second-order valence-corrected chi connectivity index (χ2v) is 13.4. The fraction of sp³-hybridized carbons (Fsp3) is 0.353. The van der Waals surface area contributed by atoms with Gasteiger partial charge in [-0.25, -0.2) is 18.4 Å². The molecular formula is C34H36BrCl2F2N7O3. The van der Waals surface area contributed by atoms with Crippen molar-refractivity contribution in [2.45, 2.75) is 70.5 Å². The SMILES string of the molecule is CCn1nc(C(=O)Nc2ccc3c(c2)CC[C@H](N)C3)c(Br)c1OCC(F)F.N[C@H]1CCc2c(ccc(NC(=O)c3ccc(Cl)nc3)c2Cl)C1. The Balaban J connectivity index is 0.000000195. The second-order valence-electron chi connectivity index (χ2n) is 11.8. The summed E-state index contributed by atoms with van der Waals surface area (Å²) in [6.07, 6.45) is 4.01. The summed E-state index contributed by atoms with van der Waals surface area (Å²) in [6, 6.07) is 13.1. The Kier molecular flexibility index (Phi) is 12.3. The number of pyridine rings is 1. The van der Waals surface area contributed by atoms with Crippen LogP contribution in [0.3, 0.4) is 0 Å². The quantitative estimate of drug-likeness (QED) is 0.143. The molecule has 2 aliphatic rings. The third kappa shape index (κ3) is 9.14. The molecule has 2 amide bonds. The average molecular weight is 780 g/mol. The van der Waals surface area contributed by atoms with Crippen molar-refractivity contribution in [2.24, 2.45) is 11.5 Å². The van der Waals surface area contributed by atoms with Gasteiger partial charge in [-0.1, -0.05) is 35.3 Å². The third-order valence-electron chi connectivity index (χ3n) is 8.27. The molecule has 0 radical (unpaired) electrons. The van der Waals surface area contributed by atoms with Crippen LogP contribution in [0.25, 0.3) is 0 Å². The van der Waals surface area contributed by atoms with Gasteiger partial charge in [-0.3, -0.25) is 9.59 Å². The molecule has 6 rings (SSSR count). The second kappa shape index (κ2) is 16.4. The predicted molar refractivity (Wildman–Crippen MR) is 190 cm³/mol. The maximum Gasteiger partial charge on any atom is 0.277 e. The van der Waals surface area contributed by atoms with E-state index in [-0.39, 0.29) is 34.0 Å². The first-order valence-electron chi connectivity index (χ1n) is 15.8. The molecule has 0 aliphatic heterocycles. The summed E-state index contributed by atoms with van der Waals surface area (Å²) in [7, 11) is 0. The molecule has 4 aromatic rings. The zero-order valence-electron chi connectivity index (χ0n) is 26.6. The number of fused-ring (bicyclic) bond motifs is 2. The first-order valence-corrected chi connectivity index (χ1v) is 17.3. The molecule has 0 saturated heterocycles. The highest BCUT2D eigenvalue weighted by atomic mass is 79.9. The highest BCUT2D eigenvalue weighted by Gasteiger charge is 2.24. The van der Waals surface area contributed by atoms with Crippen LogP contribution >= 0.6 is 39.1 Å². The predicted octanol–water partition coefficient (Wildman–Crippen LogP) is 6.83. The zero-order valence-corrected chi connectivity index (χ0v) is 29.7. The van der Waals surface area contributed by atoms with Gasteiger partial charge in [0.15, 0.2) is 12.3 Å². The number of halogens is 5. The summed E-state index contributed by atoms with van der Waals surface area (Å²) in [5.41, 5.74) is 18.4. The van der Waals surface area contributed by atoms with Gasteiger partial charge in [-0.05, 0) is 114 Å². The van der Waals surface area contributed by atoms with Gasteiger partial charge in [0.1, 0.15) is 9.63 Å². The number of rotatable bonds is 8. The van der Waals surface area contributed by atoms with Gasteiger partial charge in [0.05, 0.1) is 16.3 Å². The number of alkyl halides is 2. The Morgan fingerprint density at radius 2 is 1.71 bits per heavy atom. The van der Waals surface area contributed by atoms with Gasteiger partial charge in [0.2, 0.25) is 5.88 Å². The van der Waals surface area contributed by atoms with Gasteiger partial charge >= 0.3 is 0 Å². The Morgan fingerprint density at radius 1 is 1.00 bits per heavy atom. The maximum atomic E-state index is 12.6. The minimum atomic E-state index is -2.61. The van der Waals surface area contributed by atoms with Crippen LogP contribution in [0.4, 0.5) is 20.2 Å². The lowest BCUT2D eigenvalue weighted by Gasteiger charge is -2.23. The first-order chi connectivity index (χ1) is 23.4. The molecule has 0 unspecified atom stereocenters. The monoisotopic (exact) mass is 777 g/mol. The van der Waals surface area contributed by atoms with E-state index < -0.39 is 18.9 Å². The van der Waals surface area contributed by atoms with E-state index in [0.29, 0.717) is 33.7 Å². The van der Waals surface area contributed by atoms with Crippen molar-refractivity contribution in [1.82, 2.24) is 14.8 Å². The zero-order chi connectivity index (χ0) is 35.2. The van der Waals surface area contributed by atoms with Crippen molar-refractivity contribution >= 4 is 62.3 Å². The highest BCUT2D eigenvalue weighted by Crippen LogP contribution is 2.34. The number of aromatic nitrogens is 3. The average Bonchev–Trinajstić information content (AvgIpc) is 3.40. The summed E-state index contributed by atoms with van der Waals surface area (Å²) in [5.74, 6) is -0.593. The van der Waals surface area contributed by atoms with E-state index in [1.165, 1.54) is 22.0 Å². The van der Waals surface area contributed by atoms with Crippen LogP contribution in [0.2, 0.25) is 10.2 Å². The highest BCUT2D eigenvalue weighted by molar-refractivity contribution is 9.10. The normalized spacial score (nSPS) is 16.6. The number of benzene rings is 2. The van der Waals surface area contributed by atoms with E-state index in [4.69, 9.17) is 39.4 Å². The van der Waals surface area contributed by atoms with Crippen LogP contribution in [-0.4, -0.2) is 51.7 Å². The number of nitrogens with two attached hydrogens (primary N) is 2. The number of hydrogen-bond donors (Lipinski definition) is 4. The molecule has 49 heavy (non-hydrogen) atoms. The lowest BCUT2D eigenvalue weighted by Crippen LogP contribution is -2.28. The van der Waals surface area contributed by atoms with E-state index in [1.807, 2.05) is 30.3 Å². The molecule has 6 N–H and O–H groups in total. The van der Waals surface area contributed by atoms with Crippen molar-refractivity contribution in [3.63, 3.8) is 0 Å². The van der Waals surface area contributed by atoms with Crippen molar-refractivity contribution < 1.29 is 23.1 Å². The molecule has 0 fully saturated rings. The standard InChI is InChI=1S/C18H21BrF2N4O2.C16H15Cl2N3O/c1-2-25-18(27-9-14(20)21)15(19)16(24-25)17(26)23-13-6-4-10-7-12(22)5-3-11(10)8-13;17-14-6-2-10(8-20-14)16(22)21-13-5-1-9-7-11(19)3-4-12(9)15(13)18/h4,6,8,12,14H,2-3,5,7,9,22H2,1H3,(H,23,26);1-2,5-6,8,11H,3-4,7,19H2,(H,21,22)/t12-;11-/m00/s1. The van der Waals surface area contributed by atoms with Crippen LogP contribution in [-0.2, 0) is 32.2 Å². The van der Waals surface area contributed by atoms with Crippen LogP contribution in [0, 0.1) is 0 Å². The van der Waals surface area contributed by atoms with Gasteiger partial charge in [-0.15, -0.1) is 0 Å². The molecule has 0 bridgehead atoms. The van der Waals surface area contributed by atoms with Gasteiger partial charge in [0.25, 0.3) is 18.2 Å². The molecule has 260 valence electrons. The fourth-order valence-electron chi connectivity index (χ4n) is 5.75. The van der Waals surface area contributed by atoms with Crippen molar-refractivity contribution in [2.75, 3.05) is 17.2 Å². The van der Waals surface area contributed by atoms with E-state index >= 15 is 0 Å². The lowest BCUT2D eigenvalue weighted by atomic mass is 9.88. The number of nitrogens with zero attached hydrogens (tertiary/aromatic N) is 3. The van der Waals surface area contributed by atoms with Crippen LogP contribution < -0.4 is 26.8 Å². The third-order valence-corrected chi connectivity index (χ3v) is 9.64. The summed E-state index contributed by atoms with van der Waals surface area (Å²) in [6.45, 7) is 1.40. The molecule has 2 aromatic carbocycles. The molecular weight excluding hydrogens is 743 g/mol. The van der Waals surface area contributed by atoms with Crippen molar-refractivity contribution in [1.29, 1.82) is 0 Å². The number of ether oxygens (including phenoxy) is 1. The minimum Gasteiger partial charge on any atom is -0.471 e. The smallest absolute Gasteiger partial charge is 0.277 e.